The van der Waals surface area contributed by atoms with Crippen LogP contribution in [0.3, 0.4) is 0 Å². The number of nitrogens with zero attached hydrogens (tertiary/aromatic N) is 2. The first kappa shape index (κ1) is 27.9. The Morgan fingerprint density at radius 2 is 0.939 bits per heavy atom. The number of anilines is 3. The summed E-state index contributed by atoms with van der Waals surface area (Å²) >= 11 is 0. The summed E-state index contributed by atoms with van der Waals surface area (Å²) in [4.78, 5) is 2.42. The van der Waals surface area contributed by atoms with E-state index >= 15 is 0 Å². The molecule has 0 unspecified atom stereocenters. The molecule has 0 bridgehead atoms. The number of rotatable bonds is 4. The molecule has 0 spiro atoms. The summed E-state index contributed by atoms with van der Waals surface area (Å²) < 4.78 is 2.47. The Morgan fingerprint density at radius 3 is 1.61 bits per heavy atom. The van der Waals surface area contributed by atoms with E-state index in [1.54, 1.807) is 0 Å². The van der Waals surface area contributed by atoms with Gasteiger partial charge in [-0.2, -0.15) is 0 Å². The highest BCUT2D eigenvalue weighted by atomic mass is 15.1. The molecule has 0 saturated heterocycles. The van der Waals surface area contributed by atoms with Gasteiger partial charge in [0.05, 0.1) is 11.2 Å². The van der Waals surface area contributed by atoms with Gasteiger partial charge < -0.3 is 9.47 Å². The van der Waals surface area contributed by atoms with Crippen molar-refractivity contribution in [3.8, 4) is 16.9 Å². The lowest BCUT2D eigenvalue weighted by Crippen LogP contribution is -2.15. The van der Waals surface area contributed by atoms with Gasteiger partial charge >= 0.3 is 0 Å². The van der Waals surface area contributed by atoms with Gasteiger partial charge in [-0.05, 0) is 98.0 Å². The lowest BCUT2D eigenvalue weighted by molar-refractivity contribution is 0.666. The average Bonchev–Trinajstić information content (AvgIpc) is 3.62. The van der Waals surface area contributed by atoms with E-state index in [1.807, 2.05) is 0 Å². The fourth-order valence-electron chi connectivity index (χ4n) is 8.58. The fourth-order valence-corrected chi connectivity index (χ4v) is 8.58. The van der Waals surface area contributed by atoms with Crippen molar-refractivity contribution < 1.29 is 0 Å². The second-order valence-corrected chi connectivity index (χ2v) is 13.8. The van der Waals surface area contributed by atoms with E-state index in [0.29, 0.717) is 0 Å². The minimum Gasteiger partial charge on any atom is -0.310 e. The Balaban J connectivity index is 1.26. The standard InChI is InChI=1S/C47H34N2/c1-47(2)43-24-14-13-23-40(43)46-45(47)42-30-34(26-28-44(42)49(46)32-17-7-4-8-18-32)48(31-15-5-3-6-16-31)33-25-27-39-37-21-10-9-19-35(37)36-20-11-12-22-38(36)41(39)29-33/h3-30H,1-2H3. The molecular weight excluding hydrogens is 593 g/mol. The molecule has 1 heterocycles. The summed E-state index contributed by atoms with van der Waals surface area (Å²) in [5, 5.41) is 8.98. The maximum absolute atomic E-state index is 2.47. The molecule has 2 nitrogen and oxygen atoms in total. The predicted octanol–water partition coefficient (Wildman–Crippen LogP) is 12.9. The maximum Gasteiger partial charge on any atom is 0.0585 e. The minimum absolute atomic E-state index is 0.149. The van der Waals surface area contributed by atoms with Crippen molar-refractivity contribution in [2.45, 2.75) is 19.3 Å². The fraction of sp³-hybridized carbons (Fsp3) is 0.0638. The van der Waals surface area contributed by atoms with Crippen LogP contribution in [0.2, 0.25) is 0 Å². The molecular formula is C47H34N2. The molecule has 9 aromatic rings. The number of para-hydroxylation sites is 2. The Bertz CT molecular complexity index is 2700. The summed E-state index contributed by atoms with van der Waals surface area (Å²) in [6.45, 7) is 4.76. The van der Waals surface area contributed by atoms with Crippen LogP contribution in [0.4, 0.5) is 17.1 Å². The lowest BCUT2D eigenvalue weighted by atomic mass is 9.81. The van der Waals surface area contributed by atoms with Crippen molar-refractivity contribution >= 4 is 60.3 Å². The molecule has 0 aliphatic heterocycles. The molecule has 0 amide bonds. The molecule has 8 aromatic carbocycles. The minimum atomic E-state index is -0.149. The average molecular weight is 627 g/mol. The van der Waals surface area contributed by atoms with E-state index in [-0.39, 0.29) is 5.41 Å². The van der Waals surface area contributed by atoms with Gasteiger partial charge in [0.2, 0.25) is 0 Å². The third kappa shape index (κ3) is 4.01. The molecule has 1 aromatic heterocycles. The molecule has 0 radical (unpaired) electrons. The molecule has 0 fully saturated rings. The SMILES string of the molecule is CC1(C)c2ccccc2-c2c1c1cc(N(c3ccccc3)c3ccc4c5ccccc5c5ccccc5c4c3)ccc1n2-c1ccccc1. The summed E-state index contributed by atoms with van der Waals surface area (Å²) in [6.07, 6.45) is 0. The van der Waals surface area contributed by atoms with E-state index in [0.717, 1.165) is 17.1 Å². The monoisotopic (exact) mass is 626 g/mol. The van der Waals surface area contributed by atoms with Crippen LogP contribution in [-0.2, 0) is 5.41 Å². The molecule has 2 heteroatoms. The molecule has 1 aliphatic rings. The molecule has 0 atom stereocenters. The molecule has 10 rings (SSSR count). The third-order valence-corrected chi connectivity index (χ3v) is 10.7. The highest BCUT2D eigenvalue weighted by Crippen LogP contribution is 2.54. The highest BCUT2D eigenvalue weighted by Gasteiger charge is 2.40. The van der Waals surface area contributed by atoms with Crippen LogP contribution in [0.1, 0.15) is 25.0 Å². The largest absolute Gasteiger partial charge is 0.310 e. The summed E-state index contributed by atoms with van der Waals surface area (Å²) in [6, 6.07) is 62.2. The highest BCUT2D eigenvalue weighted by molar-refractivity contribution is 6.25. The Morgan fingerprint density at radius 1 is 0.429 bits per heavy atom. The number of hydrogen-bond donors (Lipinski definition) is 0. The summed E-state index contributed by atoms with van der Waals surface area (Å²) in [7, 11) is 0. The maximum atomic E-state index is 2.47. The van der Waals surface area contributed by atoms with Crippen LogP contribution in [-0.4, -0.2) is 4.57 Å². The molecule has 1 aliphatic carbocycles. The zero-order chi connectivity index (χ0) is 32.7. The molecule has 49 heavy (non-hydrogen) atoms. The van der Waals surface area contributed by atoms with Crippen LogP contribution in [0.15, 0.2) is 170 Å². The first-order chi connectivity index (χ1) is 24.1. The van der Waals surface area contributed by atoms with Crippen LogP contribution in [0, 0.1) is 0 Å². The van der Waals surface area contributed by atoms with E-state index in [9.17, 15) is 0 Å². The zero-order valence-corrected chi connectivity index (χ0v) is 27.6. The summed E-state index contributed by atoms with van der Waals surface area (Å²) in [5.74, 6) is 0. The van der Waals surface area contributed by atoms with Gasteiger partial charge in [-0.25, -0.2) is 0 Å². The predicted molar refractivity (Wildman–Crippen MR) is 208 cm³/mol. The van der Waals surface area contributed by atoms with Crippen molar-refractivity contribution in [2.75, 3.05) is 4.90 Å². The van der Waals surface area contributed by atoms with Crippen molar-refractivity contribution in [1.82, 2.24) is 4.57 Å². The van der Waals surface area contributed by atoms with E-state index < -0.39 is 0 Å². The quantitative estimate of drug-likeness (QED) is 0.176. The number of aromatic nitrogens is 1. The van der Waals surface area contributed by atoms with Crippen molar-refractivity contribution in [3.63, 3.8) is 0 Å². The number of hydrogen-bond acceptors (Lipinski definition) is 1. The normalized spacial score (nSPS) is 13.3. The lowest BCUT2D eigenvalue weighted by Gasteiger charge is -2.27. The Kier molecular flexibility index (Phi) is 5.95. The molecule has 232 valence electrons. The van der Waals surface area contributed by atoms with E-state index in [4.69, 9.17) is 0 Å². The van der Waals surface area contributed by atoms with Gasteiger partial charge in [0, 0.05) is 39.1 Å². The van der Waals surface area contributed by atoms with E-state index in [1.165, 1.54) is 71.3 Å². The van der Waals surface area contributed by atoms with Gasteiger partial charge in [0.25, 0.3) is 0 Å². The summed E-state index contributed by atoms with van der Waals surface area (Å²) in [5.41, 5.74) is 11.1. The topological polar surface area (TPSA) is 8.17 Å². The van der Waals surface area contributed by atoms with Gasteiger partial charge in [-0.15, -0.1) is 0 Å². The first-order valence-corrected chi connectivity index (χ1v) is 17.1. The van der Waals surface area contributed by atoms with Crippen LogP contribution >= 0.6 is 0 Å². The van der Waals surface area contributed by atoms with Crippen molar-refractivity contribution in [2.24, 2.45) is 0 Å². The second kappa shape index (κ2) is 10.4. The first-order valence-electron chi connectivity index (χ1n) is 17.1. The van der Waals surface area contributed by atoms with Gasteiger partial charge in [-0.3, -0.25) is 0 Å². The van der Waals surface area contributed by atoms with E-state index in [2.05, 4.69) is 193 Å². The smallest absolute Gasteiger partial charge is 0.0585 e. The second-order valence-electron chi connectivity index (χ2n) is 13.8. The molecule has 0 saturated carbocycles. The number of fused-ring (bicyclic) bond motifs is 11. The van der Waals surface area contributed by atoms with Gasteiger partial charge in [0.1, 0.15) is 0 Å². The zero-order valence-electron chi connectivity index (χ0n) is 27.6. The Hall–Kier alpha value is -6.12. The van der Waals surface area contributed by atoms with Crippen LogP contribution < -0.4 is 4.90 Å². The Labute approximate surface area is 286 Å². The molecule has 0 N–H and O–H groups in total. The van der Waals surface area contributed by atoms with Gasteiger partial charge in [-0.1, -0.05) is 129 Å². The number of benzene rings is 8. The van der Waals surface area contributed by atoms with Gasteiger partial charge in [0.15, 0.2) is 0 Å². The third-order valence-electron chi connectivity index (χ3n) is 10.7. The van der Waals surface area contributed by atoms with Crippen LogP contribution in [0.25, 0.3) is 60.2 Å². The van der Waals surface area contributed by atoms with Crippen molar-refractivity contribution in [3.05, 3.63) is 181 Å². The van der Waals surface area contributed by atoms with Crippen LogP contribution in [0.5, 0.6) is 0 Å². The van der Waals surface area contributed by atoms with Crippen molar-refractivity contribution in [1.29, 1.82) is 0 Å².